The Bertz CT molecular complexity index is 191. The van der Waals surface area contributed by atoms with Gasteiger partial charge >= 0.3 is 0 Å². The average Bonchev–Trinajstić information content (AvgIpc) is 2.39. The SMILES string of the molecule is CC(C)C(N)Cn1cccn1. The summed E-state index contributed by atoms with van der Waals surface area (Å²) >= 11 is 0. The molecule has 0 amide bonds. The number of aromatic nitrogens is 2. The molecule has 1 atom stereocenters. The fourth-order valence-electron chi connectivity index (χ4n) is 0.835. The van der Waals surface area contributed by atoms with Gasteiger partial charge in [-0.1, -0.05) is 13.8 Å². The molecule has 0 aromatic carbocycles. The molecule has 1 rings (SSSR count). The zero-order valence-electron chi connectivity index (χ0n) is 7.07. The third-order valence-electron chi connectivity index (χ3n) is 1.81. The number of nitrogens with zero attached hydrogens (tertiary/aromatic N) is 2. The highest BCUT2D eigenvalue weighted by molar-refractivity contribution is 4.79. The molecule has 0 aliphatic rings. The van der Waals surface area contributed by atoms with E-state index in [2.05, 4.69) is 18.9 Å². The summed E-state index contributed by atoms with van der Waals surface area (Å²) < 4.78 is 1.87. The minimum absolute atomic E-state index is 0.204. The molecule has 0 aliphatic carbocycles. The zero-order chi connectivity index (χ0) is 8.27. The zero-order valence-corrected chi connectivity index (χ0v) is 7.07. The number of nitrogens with two attached hydrogens (primary N) is 1. The molecule has 1 unspecified atom stereocenters. The molecule has 0 saturated heterocycles. The first-order valence-corrected chi connectivity index (χ1v) is 3.93. The normalized spacial score (nSPS) is 13.8. The molecular weight excluding hydrogens is 138 g/mol. The predicted molar refractivity (Wildman–Crippen MR) is 45.0 cm³/mol. The first kappa shape index (κ1) is 8.27. The van der Waals surface area contributed by atoms with Crippen molar-refractivity contribution in [2.24, 2.45) is 11.7 Å². The van der Waals surface area contributed by atoms with Gasteiger partial charge in [-0.15, -0.1) is 0 Å². The van der Waals surface area contributed by atoms with Gasteiger partial charge in [-0.2, -0.15) is 5.10 Å². The highest BCUT2D eigenvalue weighted by atomic mass is 15.3. The minimum Gasteiger partial charge on any atom is -0.326 e. The monoisotopic (exact) mass is 153 g/mol. The Morgan fingerprint density at radius 1 is 1.55 bits per heavy atom. The molecular formula is C8H15N3. The van der Waals surface area contributed by atoms with Crippen LogP contribution in [-0.4, -0.2) is 15.8 Å². The molecule has 3 nitrogen and oxygen atoms in total. The second kappa shape index (κ2) is 3.53. The molecule has 1 aromatic rings. The van der Waals surface area contributed by atoms with Gasteiger partial charge in [-0.05, 0) is 12.0 Å². The second-order valence-electron chi connectivity index (χ2n) is 3.14. The van der Waals surface area contributed by atoms with Crippen LogP contribution in [0.4, 0.5) is 0 Å². The molecule has 0 aliphatic heterocycles. The van der Waals surface area contributed by atoms with Crippen LogP contribution in [0.2, 0.25) is 0 Å². The largest absolute Gasteiger partial charge is 0.326 e. The Balaban J connectivity index is 2.43. The Morgan fingerprint density at radius 2 is 2.27 bits per heavy atom. The molecule has 62 valence electrons. The average molecular weight is 153 g/mol. The van der Waals surface area contributed by atoms with Crippen LogP contribution >= 0.6 is 0 Å². The fourth-order valence-corrected chi connectivity index (χ4v) is 0.835. The van der Waals surface area contributed by atoms with Crippen molar-refractivity contribution >= 4 is 0 Å². The predicted octanol–water partition coefficient (Wildman–Crippen LogP) is 0.866. The molecule has 1 aromatic heterocycles. The summed E-state index contributed by atoms with van der Waals surface area (Å²) in [7, 11) is 0. The van der Waals surface area contributed by atoms with E-state index in [4.69, 9.17) is 5.73 Å². The second-order valence-corrected chi connectivity index (χ2v) is 3.14. The molecule has 3 heteroatoms. The summed E-state index contributed by atoms with van der Waals surface area (Å²) in [6.45, 7) is 5.05. The van der Waals surface area contributed by atoms with E-state index in [1.165, 1.54) is 0 Å². The molecule has 0 fully saturated rings. The van der Waals surface area contributed by atoms with Crippen LogP contribution in [0.3, 0.4) is 0 Å². The number of hydrogen-bond donors (Lipinski definition) is 1. The van der Waals surface area contributed by atoms with Gasteiger partial charge in [0.1, 0.15) is 0 Å². The van der Waals surface area contributed by atoms with Gasteiger partial charge in [0, 0.05) is 18.4 Å². The molecule has 1 heterocycles. The quantitative estimate of drug-likeness (QED) is 0.700. The maximum Gasteiger partial charge on any atom is 0.0563 e. The van der Waals surface area contributed by atoms with E-state index >= 15 is 0 Å². The van der Waals surface area contributed by atoms with Crippen molar-refractivity contribution in [2.75, 3.05) is 0 Å². The fraction of sp³-hybridized carbons (Fsp3) is 0.625. The lowest BCUT2D eigenvalue weighted by molar-refractivity contribution is 0.413. The third-order valence-corrected chi connectivity index (χ3v) is 1.81. The van der Waals surface area contributed by atoms with E-state index < -0.39 is 0 Å². The molecule has 2 N–H and O–H groups in total. The topological polar surface area (TPSA) is 43.8 Å². The van der Waals surface area contributed by atoms with E-state index in [1.54, 1.807) is 6.20 Å². The summed E-state index contributed by atoms with van der Waals surface area (Å²) in [4.78, 5) is 0. The molecule has 0 bridgehead atoms. The smallest absolute Gasteiger partial charge is 0.0563 e. The first-order valence-electron chi connectivity index (χ1n) is 3.93. The Labute approximate surface area is 67.2 Å². The maximum atomic E-state index is 5.85. The number of hydrogen-bond acceptors (Lipinski definition) is 2. The Kier molecular flexibility index (Phi) is 2.65. The van der Waals surface area contributed by atoms with E-state index in [-0.39, 0.29) is 6.04 Å². The summed E-state index contributed by atoms with van der Waals surface area (Å²) in [5.74, 6) is 0.513. The van der Waals surface area contributed by atoms with Crippen LogP contribution in [-0.2, 0) is 6.54 Å². The lowest BCUT2D eigenvalue weighted by Crippen LogP contribution is -2.31. The van der Waals surface area contributed by atoms with E-state index in [0.29, 0.717) is 5.92 Å². The van der Waals surface area contributed by atoms with Crippen LogP contribution < -0.4 is 5.73 Å². The first-order chi connectivity index (χ1) is 5.20. The van der Waals surface area contributed by atoms with Crippen molar-refractivity contribution < 1.29 is 0 Å². The van der Waals surface area contributed by atoms with Crippen molar-refractivity contribution in [2.45, 2.75) is 26.4 Å². The van der Waals surface area contributed by atoms with Crippen LogP contribution in [0.25, 0.3) is 0 Å². The summed E-state index contributed by atoms with van der Waals surface area (Å²) in [5.41, 5.74) is 5.85. The summed E-state index contributed by atoms with van der Waals surface area (Å²) in [6, 6.07) is 2.11. The van der Waals surface area contributed by atoms with Crippen molar-refractivity contribution in [3.05, 3.63) is 18.5 Å². The van der Waals surface area contributed by atoms with Gasteiger partial charge in [-0.3, -0.25) is 4.68 Å². The van der Waals surface area contributed by atoms with Crippen molar-refractivity contribution in [1.82, 2.24) is 9.78 Å². The van der Waals surface area contributed by atoms with Crippen LogP contribution in [0.1, 0.15) is 13.8 Å². The van der Waals surface area contributed by atoms with Crippen LogP contribution in [0, 0.1) is 5.92 Å². The minimum atomic E-state index is 0.204. The molecule has 0 radical (unpaired) electrons. The van der Waals surface area contributed by atoms with Gasteiger partial charge in [0.15, 0.2) is 0 Å². The Hall–Kier alpha value is -0.830. The molecule has 0 spiro atoms. The lowest BCUT2D eigenvalue weighted by Gasteiger charge is -2.14. The van der Waals surface area contributed by atoms with Gasteiger partial charge in [0.25, 0.3) is 0 Å². The van der Waals surface area contributed by atoms with E-state index in [9.17, 15) is 0 Å². The molecule has 0 saturated carbocycles. The van der Waals surface area contributed by atoms with Crippen molar-refractivity contribution in [3.63, 3.8) is 0 Å². The van der Waals surface area contributed by atoms with Gasteiger partial charge in [0.05, 0.1) is 6.54 Å². The van der Waals surface area contributed by atoms with Crippen LogP contribution in [0.5, 0.6) is 0 Å². The molecule has 11 heavy (non-hydrogen) atoms. The van der Waals surface area contributed by atoms with Gasteiger partial charge < -0.3 is 5.73 Å². The Morgan fingerprint density at radius 3 is 2.73 bits per heavy atom. The summed E-state index contributed by atoms with van der Waals surface area (Å²) in [5, 5.41) is 4.08. The van der Waals surface area contributed by atoms with E-state index in [0.717, 1.165) is 6.54 Å². The van der Waals surface area contributed by atoms with Crippen LogP contribution in [0.15, 0.2) is 18.5 Å². The van der Waals surface area contributed by atoms with Gasteiger partial charge in [-0.25, -0.2) is 0 Å². The van der Waals surface area contributed by atoms with Crippen molar-refractivity contribution in [1.29, 1.82) is 0 Å². The van der Waals surface area contributed by atoms with E-state index in [1.807, 2.05) is 16.9 Å². The lowest BCUT2D eigenvalue weighted by atomic mass is 10.1. The standard InChI is InChI=1S/C8H15N3/c1-7(2)8(9)6-11-5-3-4-10-11/h3-5,7-8H,6,9H2,1-2H3. The highest BCUT2D eigenvalue weighted by Crippen LogP contribution is 2.00. The van der Waals surface area contributed by atoms with Gasteiger partial charge in [0.2, 0.25) is 0 Å². The maximum absolute atomic E-state index is 5.85. The van der Waals surface area contributed by atoms with Crippen molar-refractivity contribution in [3.8, 4) is 0 Å². The third kappa shape index (κ3) is 2.35. The summed E-state index contributed by atoms with van der Waals surface area (Å²) in [6.07, 6.45) is 3.70. The number of rotatable bonds is 3. The highest BCUT2D eigenvalue weighted by Gasteiger charge is 2.07.